The minimum Gasteiger partial charge on any atom is -0.462 e. The standard InChI is InChI=1S/C16H21N3O2/c1-3-10-19-11-9-17-15(19)12-18-14-7-5-13(6-8-14)16(20)21-4-2/h5-9,11,18H,3-4,10,12H2,1-2H3. The van der Waals surface area contributed by atoms with Crippen molar-refractivity contribution in [1.82, 2.24) is 9.55 Å². The molecule has 0 aliphatic rings. The fourth-order valence-corrected chi connectivity index (χ4v) is 2.07. The number of anilines is 1. The van der Waals surface area contributed by atoms with Crippen molar-refractivity contribution in [2.75, 3.05) is 11.9 Å². The van der Waals surface area contributed by atoms with Crippen molar-refractivity contribution in [2.45, 2.75) is 33.4 Å². The summed E-state index contributed by atoms with van der Waals surface area (Å²) >= 11 is 0. The average molecular weight is 287 g/mol. The maximum Gasteiger partial charge on any atom is 0.338 e. The molecule has 0 saturated carbocycles. The highest BCUT2D eigenvalue weighted by molar-refractivity contribution is 5.89. The molecular weight excluding hydrogens is 266 g/mol. The highest BCUT2D eigenvalue weighted by Crippen LogP contribution is 2.12. The SMILES string of the molecule is CCCn1ccnc1CNc1ccc(C(=O)OCC)cc1. The normalized spacial score (nSPS) is 10.4. The van der Waals surface area contributed by atoms with Gasteiger partial charge in [0.25, 0.3) is 0 Å². The Balaban J connectivity index is 1.94. The van der Waals surface area contributed by atoms with E-state index in [4.69, 9.17) is 4.74 Å². The average Bonchev–Trinajstić information content (AvgIpc) is 2.94. The van der Waals surface area contributed by atoms with Crippen molar-refractivity contribution in [3.05, 3.63) is 48.0 Å². The van der Waals surface area contributed by atoms with Crippen LogP contribution in [0.5, 0.6) is 0 Å². The summed E-state index contributed by atoms with van der Waals surface area (Å²) in [6, 6.07) is 7.27. The van der Waals surface area contributed by atoms with Gasteiger partial charge in [0.05, 0.1) is 18.7 Å². The summed E-state index contributed by atoms with van der Waals surface area (Å²) in [5, 5.41) is 3.31. The van der Waals surface area contributed by atoms with Crippen LogP contribution in [0.4, 0.5) is 5.69 Å². The molecule has 0 radical (unpaired) electrons. The zero-order valence-corrected chi connectivity index (χ0v) is 12.5. The van der Waals surface area contributed by atoms with Crippen molar-refractivity contribution in [3.8, 4) is 0 Å². The van der Waals surface area contributed by atoms with Crippen LogP contribution < -0.4 is 5.32 Å². The Morgan fingerprint density at radius 1 is 1.29 bits per heavy atom. The van der Waals surface area contributed by atoms with Crippen LogP contribution in [0.25, 0.3) is 0 Å². The Kier molecular flexibility index (Phi) is 5.37. The lowest BCUT2D eigenvalue weighted by atomic mass is 10.2. The van der Waals surface area contributed by atoms with Gasteiger partial charge in [-0.2, -0.15) is 0 Å². The van der Waals surface area contributed by atoms with Gasteiger partial charge in [-0.25, -0.2) is 9.78 Å². The predicted molar refractivity (Wildman–Crippen MR) is 82.2 cm³/mol. The fraction of sp³-hybridized carbons (Fsp3) is 0.375. The maximum absolute atomic E-state index is 11.6. The van der Waals surface area contributed by atoms with E-state index in [1.165, 1.54) is 0 Å². The van der Waals surface area contributed by atoms with Gasteiger partial charge in [-0.05, 0) is 37.6 Å². The third-order valence-corrected chi connectivity index (χ3v) is 3.11. The van der Waals surface area contributed by atoms with Crippen molar-refractivity contribution in [2.24, 2.45) is 0 Å². The van der Waals surface area contributed by atoms with Crippen molar-refractivity contribution in [1.29, 1.82) is 0 Å². The van der Waals surface area contributed by atoms with Crippen LogP contribution in [0.1, 0.15) is 36.5 Å². The number of rotatable bonds is 7. The van der Waals surface area contributed by atoms with E-state index in [2.05, 4.69) is 21.8 Å². The van der Waals surface area contributed by atoms with E-state index in [-0.39, 0.29) is 5.97 Å². The number of ether oxygens (including phenoxy) is 1. The summed E-state index contributed by atoms with van der Waals surface area (Å²) in [6.07, 6.45) is 4.89. The number of hydrogen-bond acceptors (Lipinski definition) is 4. The van der Waals surface area contributed by atoms with E-state index in [1.807, 2.05) is 24.5 Å². The molecule has 5 nitrogen and oxygen atoms in total. The van der Waals surface area contributed by atoms with Gasteiger partial charge >= 0.3 is 5.97 Å². The summed E-state index contributed by atoms with van der Waals surface area (Å²) in [7, 11) is 0. The van der Waals surface area contributed by atoms with Crippen LogP contribution in [0.3, 0.4) is 0 Å². The summed E-state index contributed by atoms with van der Waals surface area (Å²) in [6.45, 7) is 5.96. The van der Waals surface area contributed by atoms with Crippen molar-refractivity contribution < 1.29 is 9.53 Å². The van der Waals surface area contributed by atoms with Crippen molar-refractivity contribution in [3.63, 3.8) is 0 Å². The molecule has 1 heterocycles. The molecule has 0 saturated heterocycles. The largest absolute Gasteiger partial charge is 0.462 e. The molecule has 2 aromatic rings. The quantitative estimate of drug-likeness (QED) is 0.795. The van der Waals surface area contributed by atoms with Gasteiger partial charge in [-0.15, -0.1) is 0 Å². The number of aromatic nitrogens is 2. The number of esters is 1. The number of carbonyl (C=O) groups excluding carboxylic acids is 1. The third-order valence-electron chi connectivity index (χ3n) is 3.11. The number of imidazole rings is 1. The number of nitrogens with zero attached hydrogens (tertiary/aromatic N) is 2. The van der Waals surface area contributed by atoms with Gasteiger partial charge in [0.1, 0.15) is 5.82 Å². The van der Waals surface area contributed by atoms with Gasteiger partial charge < -0.3 is 14.6 Å². The molecule has 0 aliphatic carbocycles. The molecule has 2 rings (SSSR count). The number of nitrogens with one attached hydrogen (secondary N) is 1. The van der Waals surface area contributed by atoms with E-state index in [9.17, 15) is 4.79 Å². The second-order valence-corrected chi connectivity index (χ2v) is 4.69. The third kappa shape index (κ3) is 4.08. The first-order chi connectivity index (χ1) is 10.2. The molecule has 0 spiro atoms. The minimum atomic E-state index is -0.289. The molecular formula is C16H21N3O2. The Labute approximate surface area is 125 Å². The van der Waals surface area contributed by atoms with Gasteiger partial charge in [0.2, 0.25) is 0 Å². The van der Waals surface area contributed by atoms with E-state index in [0.717, 1.165) is 24.5 Å². The van der Waals surface area contributed by atoms with Gasteiger partial charge in [0, 0.05) is 24.6 Å². The van der Waals surface area contributed by atoms with E-state index in [0.29, 0.717) is 18.7 Å². The number of hydrogen-bond donors (Lipinski definition) is 1. The molecule has 1 aromatic heterocycles. The van der Waals surface area contributed by atoms with Crippen LogP contribution in [-0.2, 0) is 17.8 Å². The second kappa shape index (κ2) is 7.47. The Morgan fingerprint density at radius 2 is 2.05 bits per heavy atom. The zero-order chi connectivity index (χ0) is 15.1. The Hall–Kier alpha value is -2.30. The van der Waals surface area contributed by atoms with Crippen molar-refractivity contribution >= 4 is 11.7 Å². The van der Waals surface area contributed by atoms with Crippen LogP contribution in [0.2, 0.25) is 0 Å². The topological polar surface area (TPSA) is 56.2 Å². The summed E-state index contributed by atoms with van der Waals surface area (Å²) in [5.41, 5.74) is 1.52. The zero-order valence-electron chi connectivity index (χ0n) is 12.5. The van der Waals surface area contributed by atoms with E-state index < -0.39 is 0 Å². The molecule has 112 valence electrons. The second-order valence-electron chi connectivity index (χ2n) is 4.69. The molecule has 0 aliphatic heterocycles. The highest BCUT2D eigenvalue weighted by atomic mass is 16.5. The lowest BCUT2D eigenvalue weighted by Crippen LogP contribution is -2.09. The van der Waals surface area contributed by atoms with Crippen LogP contribution in [0.15, 0.2) is 36.7 Å². The van der Waals surface area contributed by atoms with Crippen LogP contribution in [-0.4, -0.2) is 22.1 Å². The summed E-state index contributed by atoms with van der Waals surface area (Å²) in [5.74, 6) is 0.717. The fourth-order valence-electron chi connectivity index (χ4n) is 2.07. The number of aryl methyl sites for hydroxylation is 1. The molecule has 1 aromatic carbocycles. The smallest absolute Gasteiger partial charge is 0.338 e. The Morgan fingerprint density at radius 3 is 2.71 bits per heavy atom. The maximum atomic E-state index is 11.6. The molecule has 5 heteroatoms. The summed E-state index contributed by atoms with van der Waals surface area (Å²) in [4.78, 5) is 15.9. The molecule has 21 heavy (non-hydrogen) atoms. The monoisotopic (exact) mass is 287 g/mol. The predicted octanol–water partition coefficient (Wildman–Crippen LogP) is 3.08. The van der Waals surface area contributed by atoms with Gasteiger partial charge in [-0.1, -0.05) is 6.92 Å². The van der Waals surface area contributed by atoms with E-state index >= 15 is 0 Å². The molecule has 1 N–H and O–H groups in total. The molecule has 0 unspecified atom stereocenters. The van der Waals surface area contributed by atoms with E-state index in [1.54, 1.807) is 19.1 Å². The molecule has 0 amide bonds. The van der Waals surface area contributed by atoms with Crippen LogP contribution in [0, 0.1) is 0 Å². The first-order valence-electron chi connectivity index (χ1n) is 7.25. The lowest BCUT2D eigenvalue weighted by Gasteiger charge is -2.09. The first kappa shape index (κ1) is 15.1. The highest BCUT2D eigenvalue weighted by Gasteiger charge is 2.06. The molecule has 0 atom stereocenters. The summed E-state index contributed by atoms with van der Waals surface area (Å²) < 4.78 is 7.10. The Bertz CT molecular complexity index is 575. The lowest BCUT2D eigenvalue weighted by molar-refractivity contribution is 0.0526. The molecule has 0 fully saturated rings. The minimum absolute atomic E-state index is 0.289. The number of carbonyl (C=O) groups is 1. The van der Waals surface area contributed by atoms with Gasteiger partial charge in [-0.3, -0.25) is 0 Å². The number of benzene rings is 1. The molecule has 0 bridgehead atoms. The first-order valence-corrected chi connectivity index (χ1v) is 7.25. The van der Waals surface area contributed by atoms with Gasteiger partial charge in [0.15, 0.2) is 0 Å². The van der Waals surface area contributed by atoms with Crippen LogP contribution >= 0.6 is 0 Å².